The van der Waals surface area contributed by atoms with Crippen LogP contribution in [0.4, 0.5) is 0 Å². The van der Waals surface area contributed by atoms with E-state index < -0.39 is 0 Å². The molecule has 29 heavy (non-hydrogen) atoms. The SMILES string of the molecule is CCC(=NNC(=O)c1cc(OC)c(OC)c(OC)c1)C12CC3CC(CC(C3)C1)C2. The van der Waals surface area contributed by atoms with Gasteiger partial charge in [0.05, 0.1) is 21.3 Å². The molecule has 4 aliphatic rings. The highest BCUT2D eigenvalue weighted by Crippen LogP contribution is 2.60. The highest BCUT2D eigenvalue weighted by atomic mass is 16.5. The molecule has 1 aromatic carbocycles. The zero-order chi connectivity index (χ0) is 20.6. The fourth-order valence-electron chi connectivity index (χ4n) is 6.43. The Kier molecular flexibility index (Phi) is 5.45. The van der Waals surface area contributed by atoms with Crippen LogP contribution in [0.5, 0.6) is 17.2 Å². The van der Waals surface area contributed by atoms with Crippen LogP contribution in [-0.2, 0) is 0 Å². The summed E-state index contributed by atoms with van der Waals surface area (Å²) in [6, 6.07) is 3.31. The van der Waals surface area contributed by atoms with Gasteiger partial charge in [0.15, 0.2) is 11.5 Å². The highest BCUT2D eigenvalue weighted by molar-refractivity contribution is 5.97. The minimum atomic E-state index is -0.264. The fraction of sp³-hybridized carbons (Fsp3) is 0.652. The molecule has 4 saturated carbocycles. The smallest absolute Gasteiger partial charge is 0.271 e. The van der Waals surface area contributed by atoms with Gasteiger partial charge in [-0.3, -0.25) is 4.79 Å². The summed E-state index contributed by atoms with van der Waals surface area (Å²) in [5, 5.41) is 4.67. The molecule has 0 unspecified atom stereocenters. The Hall–Kier alpha value is -2.24. The molecule has 0 radical (unpaired) electrons. The van der Waals surface area contributed by atoms with Crippen LogP contribution in [-0.4, -0.2) is 32.9 Å². The number of hydrogen-bond donors (Lipinski definition) is 1. The van der Waals surface area contributed by atoms with E-state index in [-0.39, 0.29) is 11.3 Å². The van der Waals surface area contributed by atoms with Gasteiger partial charge in [0.2, 0.25) is 5.75 Å². The first-order valence-corrected chi connectivity index (χ1v) is 10.7. The van der Waals surface area contributed by atoms with E-state index in [1.54, 1.807) is 33.5 Å². The Labute approximate surface area is 173 Å². The van der Waals surface area contributed by atoms with Gasteiger partial charge < -0.3 is 14.2 Å². The number of carbonyl (C=O) groups excluding carboxylic acids is 1. The van der Waals surface area contributed by atoms with Crippen molar-refractivity contribution in [2.45, 2.75) is 51.9 Å². The minimum Gasteiger partial charge on any atom is -0.493 e. The van der Waals surface area contributed by atoms with Crippen LogP contribution in [0.25, 0.3) is 0 Å². The van der Waals surface area contributed by atoms with E-state index in [1.807, 2.05) is 0 Å². The van der Waals surface area contributed by atoms with Gasteiger partial charge in [0.1, 0.15) is 0 Å². The Balaban J connectivity index is 1.56. The van der Waals surface area contributed by atoms with Gasteiger partial charge >= 0.3 is 0 Å². The maximum absolute atomic E-state index is 12.9. The molecular weight excluding hydrogens is 368 g/mol. The van der Waals surface area contributed by atoms with E-state index in [0.29, 0.717) is 22.8 Å². The standard InChI is InChI=1S/C23H32N2O4/c1-5-20(23-11-14-6-15(12-23)8-16(7-14)13-23)24-25-22(26)17-9-18(27-2)21(29-4)19(10-17)28-3/h9-10,14-16H,5-8,11-13H2,1-4H3,(H,25,26). The van der Waals surface area contributed by atoms with Gasteiger partial charge in [-0.05, 0) is 74.8 Å². The van der Waals surface area contributed by atoms with Crippen molar-refractivity contribution >= 4 is 11.6 Å². The number of carbonyl (C=O) groups is 1. The van der Waals surface area contributed by atoms with Crippen molar-refractivity contribution in [2.75, 3.05) is 21.3 Å². The first-order valence-electron chi connectivity index (χ1n) is 10.7. The quantitative estimate of drug-likeness (QED) is 0.543. The van der Waals surface area contributed by atoms with Crippen molar-refractivity contribution in [3.05, 3.63) is 17.7 Å². The number of amides is 1. The van der Waals surface area contributed by atoms with Gasteiger partial charge in [-0.15, -0.1) is 0 Å². The lowest BCUT2D eigenvalue weighted by Gasteiger charge is -2.57. The van der Waals surface area contributed by atoms with E-state index >= 15 is 0 Å². The normalized spacial score (nSPS) is 30.2. The third-order valence-electron chi connectivity index (χ3n) is 7.20. The van der Waals surface area contributed by atoms with Gasteiger partial charge in [-0.2, -0.15) is 5.10 Å². The number of hydrogen-bond acceptors (Lipinski definition) is 5. The average Bonchev–Trinajstić information content (AvgIpc) is 2.71. The third kappa shape index (κ3) is 3.58. The van der Waals surface area contributed by atoms with Gasteiger partial charge in [0, 0.05) is 16.7 Å². The predicted molar refractivity (Wildman–Crippen MR) is 112 cm³/mol. The summed E-state index contributed by atoms with van der Waals surface area (Å²) in [4.78, 5) is 12.9. The van der Waals surface area contributed by atoms with E-state index in [2.05, 4.69) is 17.5 Å². The first kappa shape index (κ1) is 20.0. The summed E-state index contributed by atoms with van der Waals surface area (Å²) in [6.07, 6.45) is 8.79. The zero-order valence-electron chi connectivity index (χ0n) is 17.9. The van der Waals surface area contributed by atoms with Crippen LogP contribution in [0.1, 0.15) is 62.2 Å². The zero-order valence-corrected chi connectivity index (χ0v) is 17.9. The number of nitrogens with zero attached hydrogens (tertiary/aromatic N) is 1. The second-order valence-corrected chi connectivity index (χ2v) is 8.96. The van der Waals surface area contributed by atoms with Crippen molar-refractivity contribution < 1.29 is 19.0 Å². The summed E-state index contributed by atoms with van der Waals surface area (Å²) in [7, 11) is 4.63. The predicted octanol–water partition coefficient (Wildman–Crippen LogP) is 4.42. The lowest BCUT2D eigenvalue weighted by molar-refractivity contribution is -0.0134. The molecule has 0 aromatic heterocycles. The van der Waals surface area contributed by atoms with Crippen LogP contribution in [0.3, 0.4) is 0 Å². The van der Waals surface area contributed by atoms with Crippen molar-refractivity contribution in [3.8, 4) is 17.2 Å². The van der Waals surface area contributed by atoms with Crippen molar-refractivity contribution in [1.29, 1.82) is 0 Å². The molecule has 6 nitrogen and oxygen atoms in total. The average molecular weight is 401 g/mol. The lowest BCUT2D eigenvalue weighted by atomic mass is 9.48. The van der Waals surface area contributed by atoms with E-state index in [1.165, 1.54) is 38.5 Å². The number of hydrazone groups is 1. The molecule has 4 fully saturated rings. The molecule has 1 N–H and O–H groups in total. The molecule has 158 valence electrons. The van der Waals surface area contributed by atoms with Crippen LogP contribution < -0.4 is 19.6 Å². The second-order valence-electron chi connectivity index (χ2n) is 8.96. The number of benzene rings is 1. The van der Waals surface area contributed by atoms with E-state index in [9.17, 15) is 4.79 Å². The van der Waals surface area contributed by atoms with Crippen LogP contribution in [0, 0.1) is 23.2 Å². The molecule has 6 heteroatoms. The van der Waals surface area contributed by atoms with E-state index in [0.717, 1.165) is 29.9 Å². The molecule has 0 aliphatic heterocycles. The summed E-state index contributed by atoms with van der Waals surface area (Å²) in [5.41, 5.74) is 4.61. The van der Waals surface area contributed by atoms with Crippen LogP contribution in [0.2, 0.25) is 0 Å². The van der Waals surface area contributed by atoms with Gasteiger partial charge in [-0.25, -0.2) is 5.43 Å². The molecule has 4 bridgehead atoms. The Morgan fingerprint density at radius 3 is 1.93 bits per heavy atom. The lowest BCUT2D eigenvalue weighted by Crippen LogP contribution is -2.50. The number of nitrogens with one attached hydrogen (secondary N) is 1. The summed E-state index contributed by atoms with van der Waals surface area (Å²) in [5.74, 6) is 3.67. The molecule has 1 aromatic rings. The summed E-state index contributed by atoms with van der Waals surface area (Å²) < 4.78 is 16.1. The largest absolute Gasteiger partial charge is 0.493 e. The fourth-order valence-corrected chi connectivity index (χ4v) is 6.43. The molecular formula is C23H32N2O4. The number of methoxy groups -OCH3 is 3. The maximum Gasteiger partial charge on any atom is 0.271 e. The maximum atomic E-state index is 12.9. The van der Waals surface area contributed by atoms with Crippen LogP contribution >= 0.6 is 0 Å². The Morgan fingerprint density at radius 1 is 1.00 bits per heavy atom. The van der Waals surface area contributed by atoms with E-state index in [4.69, 9.17) is 14.2 Å². The molecule has 5 rings (SSSR count). The number of rotatable bonds is 7. The van der Waals surface area contributed by atoms with Gasteiger partial charge in [-0.1, -0.05) is 6.92 Å². The molecule has 1 amide bonds. The Bertz CT molecular complexity index is 757. The van der Waals surface area contributed by atoms with Crippen molar-refractivity contribution in [2.24, 2.45) is 28.3 Å². The molecule has 4 aliphatic carbocycles. The summed E-state index contributed by atoms with van der Waals surface area (Å²) in [6.45, 7) is 2.16. The molecule has 0 atom stereocenters. The summed E-state index contributed by atoms with van der Waals surface area (Å²) >= 11 is 0. The Morgan fingerprint density at radius 2 is 1.52 bits per heavy atom. The van der Waals surface area contributed by atoms with Crippen molar-refractivity contribution in [3.63, 3.8) is 0 Å². The topological polar surface area (TPSA) is 69.2 Å². The van der Waals surface area contributed by atoms with Crippen molar-refractivity contribution in [1.82, 2.24) is 5.43 Å². The first-order chi connectivity index (χ1) is 14.0. The van der Waals surface area contributed by atoms with Gasteiger partial charge in [0.25, 0.3) is 5.91 Å². The minimum absolute atomic E-state index is 0.200. The number of ether oxygens (including phenoxy) is 3. The molecule has 0 saturated heterocycles. The second kappa shape index (κ2) is 7.88. The molecule has 0 heterocycles. The monoisotopic (exact) mass is 400 g/mol. The van der Waals surface area contributed by atoms with Crippen LogP contribution in [0.15, 0.2) is 17.2 Å². The molecule has 0 spiro atoms. The third-order valence-corrected chi connectivity index (χ3v) is 7.20. The highest BCUT2D eigenvalue weighted by Gasteiger charge is 2.52.